The number of alkyl halides is 5. The molecule has 0 fully saturated rings. The molecule has 0 amide bonds. The summed E-state index contributed by atoms with van der Waals surface area (Å²) in [6.45, 7) is 0. The summed E-state index contributed by atoms with van der Waals surface area (Å²) < 4.78 is 58.7. The Morgan fingerprint density at radius 2 is 1.50 bits per heavy atom. The van der Waals surface area contributed by atoms with Gasteiger partial charge in [0.15, 0.2) is 0 Å². The molecule has 0 bridgehead atoms. The van der Waals surface area contributed by atoms with Crippen LogP contribution in [0.3, 0.4) is 0 Å². The fourth-order valence-corrected chi connectivity index (χ4v) is 1.48. The maximum Gasteiger partial charge on any atom is 0.490 e. The molecule has 24 heavy (non-hydrogen) atoms. The third-order valence-corrected chi connectivity index (χ3v) is 2.76. The molecule has 0 heterocycles. The lowest BCUT2D eigenvalue weighted by Crippen LogP contribution is -2.42. The second kappa shape index (κ2) is 9.16. The summed E-state index contributed by atoms with van der Waals surface area (Å²) in [5.74, 6) is -7.15. The van der Waals surface area contributed by atoms with Gasteiger partial charge in [0.05, 0.1) is 12.5 Å². The van der Waals surface area contributed by atoms with Gasteiger partial charge in [0.2, 0.25) is 0 Å². The van der Waals surface area contributed by atoms with E-state index in [4.69, 9.17) is 20.7 Å². The molecule has 1 aromatic carbocycles. The van der Waals surface area contributed by atoms with Crippen LogP contribution in [0.25, 0.3) is 0 Å². The number of halogens is 5. The number of aliphatic carboxylic acids is 2. The van der Waals surface area contributed by atoms with Gasteiger partial charge in [-0.3, -0.25) is 4.79 Å². The summed E-state index contributed by atoms with van der Waals surface area (Å²) >= 11 is 0. The summed E-state index contributed by atoms with van der Waals surface area (Å²) in [6.07, 6.45) is -6.35. The molecular formula is C14H16F5NO4. The lowest BCUT2D eigenvalue weighted by atomic mass is 9.98. The summed E-state index contributed by atoms with van der Waals surface area (Å²) in [4.78, 5) is 19.1. The molecule has 0 aromatic heterocycles. The van der Waals surface area contributed by atoms with E-state index in [0.29, 0.717) is 0 Å². The molecule has 10 heteroatoms. The van der Waals surface area contributed by atoms with E-state index in [0.717, 1.165) is 5.56 Å². The fraction of sp³-hybridized carbons (Fsp3) is 0.429. The predicted octanol–water partition coefficient (Wildman–Crippen LogP) is 2.69. The van der Waals surface area contributed by atoms with Crippen LogP contribution >= 0.6 is 0 Å². The minimum absolute atomic E-state index is 0.0352. The Balaban J connectivity index is 0.000000640. The first kappa shape index (κ1) is 21.8. The van der Waals surface area contributed by atoms with Crippen molar-refractivity contribution >= 4 is 11.9 Å². The van der Waals surface area contributed by atoms with Crippen LogP contribution in [0.1, 0.15) is 18.4 Å². The van der Waals surface area contributed by atoms with Crippen molar-refractivity contribution < 1.29 is 41.8 Å². The number of hydrogen-bond acceptors (Lipinski definition) is 3. The summed E-state index contributed by atoms with van der Waals surface area (Å²) in [7, 11) is 0. The topological polar surface area (TPSA) is 101 Å². The van der Waals surface area contributed by atoms with E-state index in [1.165, 1.54) is 0 Å². The minimum Gasteiger partial charge on any atom is -0.481 e. The molecule has 0 aliphatic heterocycles. The van der Waals surface area contributed by atoms with Gasteiger partial charge in [-0.1, -0.05) is 30.3 Å². The van der Waals surface area contributed by atoms with Gasteiger partial charge in [0.25, 0.3) is 5.92 Å². The van der Waals surface area contributed by atoms with E-state index in [-0.39, 0.29) is 6.42 Å². The van der Waals surface area contributed by atoms with E-state index >= 15 is 0 Å². The molecule has 4 N–H and O–H groups in total. The lowest BCUT2D eigenvalue weighted by molar-refractivity contribution is -0.192. The molecule has 0 aliphatic rings. The highest BCUT2D eigenvalue weighted by Crippen LogP contribution is 2.25. The maximum atomic E-state index is 13.5. The highest BCUT2D eigenvalue weighted by atomic mass is 19.4. The lowest BCUT2D eigenvalue weighted by Gasteiger charge is -2.23. The second-order valence-corrected chi connectivity index (χ2v) is 4.75. The van der Waals surface area contributed by atoms with Gasteiger partial charge in [-0.25, -0.2) is 13.6 Å². The predicted molar refractivity (Wildman–Crippen MR) is 73.6 cm³/mol. The van der Waals surface area contributed by atoms with Gasteiger partial charge in [-0.2, -0.15) is 13.2 Å². The average Bonchev–Trinajstić information content (AvgIpc) is 2.46. The van der Waals surface area contributed by atoms with Gasteiger partial charge < -0.3 is 15.9 Å². The van der Waals surface area contributed by atoms with Crippen molar-refractivity contribution in [3.05, 3.63) is 35.9 Å². The first-order valence-corrected chi connectivity index (χ1v) is 6.55. The average molecular weight is 357 g/mol. The number of carboxylic acids is 2. The molecule has 1 atom stereocenters. The van der Waals surface area contributed by atoms with E-state index < -0.39 is 42.9 Å². The molecular weight excluding hydrogens is 341 g/mol. The third-order valence-electron chi connectivity index (χ3n) is 2.76. The molecule has 5 nitrogen and oxygen atoms in total. The second-order valence-electron chi connectivity index (χ2n) is 4.75. The molecule has 0 saturated heterocycles. The molecule has 0 spiro atoms. The van der Waals surface area contributed by atoms with Gasteiger partial charge in [0.1, 0.15) is 0 Å². The standard InChI is InChI=1S/C12H15F2NO2.C2HF3O2/c13-12(14,7-6-11(16)17)10(15)8-9-4-2-1-3-5-9;3-2(4,5)1(6)7/h1-5,10H,6-8,15H2,(H,16,17);(H,6,7)/t10-;/m0./s1. The van der Waals surface area contributed by atoms with Crippen molar-refractivity contribution in [3.8, 4) is 0 Å². The Morgan fingerprint density at radius 1 is 1.04 bits per heavy atom. The molecule has 136 valence electrons. The van der Waals surface area contributed by atoms with E-state index in [9.17, 15) is 26.7 Å². The summed E-state index contributed by atoms with van der Waals surface area (Å²) in [6, 6.07) is 7.36. The molecule has 0 unspecified atom stereocenters. The molecule has 1 aromatic rings. The zero-order valence-corrected chi connectivity index (χ0v) is 12.3. The van der Waals surface area contributed by atoms with Gasteiger partial charge in [-0.05, 0) is 12.0 Å². The van der Waals surface area contributed by atoms with Crippen LogP contribution in [0.15, 0.2) is 30.3 Å². The summed E-state index contributed by atoms with van der Waals surface area (Å²) in [5.41, 5.74) is 6.14. The van der Waals surface area contributed by atoms with Crippen LogP contribution < -0.4 is 5.73 Å². The van der Waals surface area contributed by atoms with Crippen molar-refractivity contribution in [2.45, 2.75) is 37.4 Å². The number of carbonyl (C=O) groups is 2. The SMILES string of the molecule is N[C@@H](Cc1ccccc1)C(F)(F)CCC(=O)O.O=C(O)C(F)(F)F. The van der Waals surface area contributed by atoms with Crippen molar-refractivity contribution in [2.24, 2.45) is 5.73 Å². The Hall–Kier alpha value is -2.23. The number of rotatable bonds is 6. The van der Waals surface area contributed by atoms with Crippen LogP contribution in [0, 0.1) is 0 Å². The zero-order chi connectivity index (χ0) is 19.0. The molecule has 0 saturated carbocycles. The van der Waals surface area contributed by atoms with Crippen LogP contribution in [-0.2, 0) is 16.0 Å². The van der Waals surface area contributed by atoms with Crippen molar-refractivity contribution in [3.63, 3.8) is 0 Å². The smallest absolute Gasteiger partial charge is 0.481 e. The van der Waals surface area contributed by atoms with Crippen molar-refractivity contribution in [2.75, 3.05) is 0 Å². The Labute approximate surface area is 133 Å². The van der Waals surface area contributed by atoms with E-state index in [2.05, 4.69) is 0 Å². The van der Waals surface area contributed by atoms with E-state index in [1.807, 2.05) is 0 Å². The fourth-order valence-electron chi connectivity index (χ4n) is 1.48. The van der Waals surface area contributed by atoms with Crippen LogP contribution in [0.5, 0.6) is 0 Å². The van der Waals surface area contributed by atoms with E-state index in [1.54, 1.807) is 30.3 Å². The first-order valence-electron chi connectivity index (χ1n) is 6.55. The summed E-state index contributed by atoms with van der Waals surface area (Å²) in [5, 5.41) is 15.5. The minimum atomic E-state index is -5.08. The van der Waals surface area contributed by atoms with Gasteiger partial charge in [-0.15, -0.1) is 0 Å². The highest BCUT2D eigenvalue weighted by molar-refractivity contribution is 5.73. The molecule has 0 radical (unpaired) electrons. The van der Waals surface area contributed by atoms with Crippen molar-refractivity contribution in [1.29, 1.82) is 0 Å². The highest BCUT2D eigenvalue weighted by Gasteiger charge is 2.38. The first-order chi connectivity index (χ1) is 10.9. The number of hydrogen-bond donors (Lipinski definition) is 3. The maximum absolute atomic E-state index is 13.5. The quantitative estimate of drug-likeness (QED) is 0.680. The van der Waals surface area contributed by atoms with Crippen LogP contribution in [0.4, 0.5) is 22.0 Å². The van der Waals surface area contributed by atoms with Gasteiger partial charge >= 0.3 is 18.1 Å². The monoisotopic (exact) mass is 357 g/mol. The molecule has 0 aliphatic carbocycles. The Kier molecular flexibility index (Phi) is 8.31. The normalized spacial score (nSPS) is 12.8. The van der Waals surface area contributed by atoms with Crippen LogP contribution in [-0.4, -0.2) is 40.3 Å². The largest absolute Gasteiger partial charge is 0.490 e. The number of nitrogens with two attached hydrogens (primary N) is 1. The van der Waals surface area contributed by atoms with Crippen molar-refractivity contribution in [1.82, 2.24) is 0 Å². The molecule has 1 rings (SSSR count). The Bertz CT molecular complexity index is 534. The number of carboxylic acid groups (broad SMARTS) is 2. The number of benzene rings is 1. The van der Waals surface area contributed by atoms with Crippen LogP contribution in [0.2, 0.25) is 0 Å². The third kappa shape index (κ3) is 9.03. The zero-order valence-electron chi connectivity index (χ0n) is 12.3. The Morgan fingerprint density at radius 3 is 1.88 bits per heavy atom. The van der Waals surface area contributed by atoms with Gasteiger partial charge in [0, 0.05) is 6.42 Å².